The number of carbonyl (C=O) groups is 2. The van der Waals surface area contributed by atoms with Crippen LogP contribution in [0.15, 0.2) is 22.8 Å². The van der Waals surface area contributed by atoms with Crippen LogP contribution in [0.4, 0.5) is 0 Å². The van der Waals surface area contributed by atoms with Gasteiger partial charge in [-0.1, -0.05) is 6.07 Å². The maximum atomic E-state index is 12.4. The smallest absolute Gasteiger partial charge is 0.328 e. The van der Waals surface area contributed by atoms with E-state index in [1.807, 2.05) is 0 Å². The van der Waals surface area contributed by atoms with E-state index in [0.29, 0.717) is 23.3 Å². The Bertz CT molecular complexity index is 493. The average molecular weight is 327 g/mol. The Morgan fingerprint density at radius 2 is 2.21 bits per heavy atom. The second-order valence-corrected chi connectivity index (χ2v) is 5.19. The molecule has 0 aromatic carbocycles. The van der Waals surface area contributed by atoms with Gasteiger partial charge >= 0.3 is 5.97 Å². The predicted molar refractivity (Wildman–Crippen MR) is 72.6 cm³/mol. The van der Waals surface area contributed by atoms with Crippen LogP contribution in [0, 0.1) is 0 Å². The highest BCUT2D eigenvalue weighted by atomic mass is 79.9. The summed E-state index contributed by atoms with van der Waals surface area (Å²) in [6.07, 6.45) is 2.47. The van der Waals surface area contributed by atoms with Crippen molar-refractivity contribution in [2.75, 3.05) is 13.7 Å². The second-order valence-electron chi connectivity index (χ2n) is 4.38. The average Bonchev–Trinajstić information content (AvgIpc) is 2.45. The molecular weight excluding hydrogens is 312 g/mol. The van der Waals surface area contributed by atoms with Crippen molar-refractivity contribution in [1.82, 2.24) is 9.88 Å². The number of methoxy groups -OCH3 is 1. The molecule has 1 atom stereocenters. The summed E-state index contributed by atoms with van der Waals surface area (Å²) >= 11 is 3.24. The number of hydrogen-bond acceptors (Lipinski definition) is 4. The molecule has 0 saturated carbocycles. The molecule has 0 N–H and O–H groups in total. The monoisotopic (exact) mass is 326 g/mol. The Balaban J connectivity index is 2.22. The van der Waals surface area contributed by atoms with E-state index in [1.54, 1.807) is 23.1 Å². The molecule has 2 heterocycles. The molecule has 1 aromatic rings. The second kappa shape index (κ2) is 6.14. The van der Waals surface area contributed by atoms with E-state index < -0.39 is 6.04 Å². The molecule has 1 fully saturated rings. The number of nitrogens with zero attached hydrogens (tertiary/aromatic N) is 2. The highest BCUT2D eigenvalue weighted by Crippen LogP contribution is 2.20. The summed E-state index contributed by atoms with van der Waals surface area (Å²) in [7, 11) is 1.34. The van der Waals surface area contributed by atoms with Gasteiger partial charge in [-0.25, -0.2) is 9.78 Å². The first-order chi connectivity index (χ1) is 9.13. The van der Waals surface area contributed by atoms with Gasteiger partial charge in [-0.3, -0.25) is 4.79 Å². The summed E-state index contributed by atoms with van der Waals surface area (Å²) < 4.78 is 5.37. The van der Waals surface area contributed by atoms with E-state index in [4.69, 9.17) is 4.74 Å². The van der Waals surface area contributed by atoms with Gasteiger partial charge in [-0.15, -0.1) is 0 Å². The minimum absolute atomic E-state index is 0.226. The van der Waals surface area contributed by atoms with Crippen LogP contribution in [0.5, 0.6) is 0 Å². The van der Waals surface area contributed by atoms with E-state index in [1.165, 1.54) is 7.11 Å². The molecule has 1 amide bonds. The van der Waals surface area contributed by atoms with Gasteiger partial charge in [0, 0.05) is 6.54 Å². The third-order valence-corrected chi connectivity index (χ3v) is 3.61. The summed E-state index contributed by atoms with van der Waals surface area (Å²) in [4.78, 5) is 29.9. The van der Waals surface area contributed by atoms with Crippen molar-refractivity contribution in [3.63, 3.8) is 0 Å². The van der Waals surface area contributed by atoms with Crippen LogP contribution in [0.1, 0.15) is 29.8 Å². The maximum absolute atomic E-state index is 12.4. The molecule has 19 heavy (non-hydrogen) atoms. The summed E-state index contributed by atoms with van der Waals surface area (Å²) in [5, 5.41) is 0. The van der Waals surface area contributed by atoms with E-state index in [-0.39, 0.29) is 11.9 Å². The Hall–Kier alpha value is -1.43. The number of hydrogen-bond donors (Lipinski definition) is 0. The van der Waals surface area contributed by atoms with Crippen molar-refractivity contribution in [2.24, 2.45) is 0 Å². The number of amides is 1. The lowest BCUT2D eigenvalue weighted by molar-refractivity contribution is -0.147. The van der Waals surface area contributed by atoms with Crippen LogP contribution in [0.25, 0.3) is 0 Å². The summed E-state index contributed by atoms with van der Waals surface area (Å²) in [5.74, 6) is -0.584. The SMILES string of the molecule is COC(=O)[C@H]1CCCCN1C(=O)c1cccc(Br)n1. The lowest BCUT2D eigenvalue weighted by atomic mass is 10.0. The fraction of sp³-hybridized carbons (Fsp3) is 0.462. The summed E-state index contributed by atoms with van der Waals surface area (Å²) in [6, 6.07) is 4.66. The fourth-order valence-corrected chi connectivity index (χ4v) is 2.57. The number of likely N-dealkylation sites (tertiary alicyclic amines) is 1. The summed E-state index contributed by atoms with van der Waals surface area (Å²) in [6.45, 7) is 0.562. The van der Waals surface area contributed by atoms with E-state index in [0.717, 1.165) is 12.8 Å². The summed E-state index contributed by atoms with van der Waals surface area (Å²) in [5.41, 5.74) is 0.338. The quantitative estimate of drug-likeness (QED) is 0.616. The molecule has 1 saturated heterocycles. The molecule has 2 rings (SSSR count). The number of ether oxygens (including phenoxy) is 1. The molecule has 6 heteroatoms. The molecule has 0 unspecified atom stereocenters. The highest BCUT2D eigenvalue weighted by Gasteiger charge is 2.33. The predicted octanol–water partition coefficient (Wildman–Crippen LogP) is 2.01. The Morgan fingerprint density at radius 3 is 2.89 bits per heavy atom. The van der Waals surface area contributed by atoms with Crippen molar-refractivity contribution in [3.8, 4) is 0 Å². The van der Waals surface area contributed by atoms with Gasteiger partial charge in [0.15, 0.2) is 0 Å². The van der Waals surface area contributed by atoms with Crippen LogP contribution in [0.3, 0.4) is 0 Å². The van der Waals surface area contributed by atoms with Crippen molar-refractivity contribution in [3.05, 3.63) is 28.5 Å². The largest absolute Gasteiger partial charge is 0.467 e. The maximum Gasteiger partial charge on any atom is 0.328 e. The Kier molecular flexibility index (Phi) is 4.52. The minimum Gasteiger partial charge on any atom is -0.467 e. The molecule has 0 bridgehead atoms. The van der Waals surface area contributed by atoms with Gasteiger partial charge in [-0.2, -0.15) is 0 Å². The minimum atomic E-state index is -0.493. The molecule has 0 spiro atoms. The van der Waals surface area contributed by atoms with Crippen molar-refractivity contribution in [2.45, 2.75) is 25.3 Å². The van der Waals surface area contributed by atoms with E-state index in [9.17, 15) is 9.59 Å². The lowest BCUT2D eigenvalue weighted by Gasteiger charge is -2.33. The molecule has 0 aliphatic carbocycles. The topological polar surface area (TPSA) is 59.5 Å². The zero-order valence-corrected chi connectivity index (χ0v) is 12.2. The molecule has 1 aliphatic heterocycles. The van der Waals surface area contributed by atoms with Crippen molar-refractivity contribution < 1.29 is 14.3 Å². The van der Waals surface area contributed by atoms with Crippen LogP contribution >= 0.6 is 15.9 Å². The number of piperidine rings is 1. The van der Waals surface area contributed by atoms with Gasteiger partial charge in [0.05, 0.1) is 7.11 Å². The van der Waals surface area contributed by atoms with E-state index >= 15 is 0 Å². The van der Waals surface area contributed by atoms with Crippen molar-refractivity contribution in [1.29, 1.82) is 0 Å². The third-order valence-electron chi connectivity index (χ3n) is 3.17. The molecule has 0 radical (unpaired) electrons. The number of pyridine rings is 1. The van der Waals surface area contributed by atoms with E-state index in [2.05, 4.69) is 20.9 Å². The normalized spacial score (nSPS) is 19.1. The molecule has 1 aromatic heterocycles. The van der Waals surface area contributed by atoms with Gasteiger partial charge in [0.1, 0.15) is 16.3 Å². The Morgan fingerprint density at radius 1 is 1.42 bits per heavy atom. The van der Waals surface area contributed by atoms with Gasteiger partial charge < -0.3 is 9.64 Å². The molecule has 102 valence electrons. The fourth-order valence-electron chi connectivity index (χ4n) is 2.23. The number of esters is 1. The number of rotatable bonds is 2. The first kappa shape index (κ1) is 14.0. The van der Waals surface area contributed by atoms with Gasteiger partial charge in [0.25, 0.3) is 5.91 Å². The van der Waals surface area contributed by atoms with Crippen LogP contribution in [-0.2, 0) is 9.53 Å². The molecule has 1 aliphatic rings. The standard InChI is InChI=1S/C13H15BrN2O3/c1-19-13(18)10-6-2-3-8-16(10)12(17)9-5-4-7-11(14)15-9/h4-5,7,10H,2-3,6,8H2,1H3/t10-/m1/s1. The lowest BCUT2D eigenvalue weighted by Crippen LogP contribution is -2.48. The third kappa shape index (κ3) is 3.12. The zero-order chi connectivity index (χ0) is 13.8. The highest BCUT2D eigenvalue weighted by molar-refractivity contribution is 9.10. The van der Waals surface area contributed by atoms with Crippen LogP contribution < -0.4 is 0 Å². The van der Waals surface area contributed by atoms with Gasteiger partial charge in [-0.05, 0) is 47.3 Å². The zero-order valence-electron chi connectivity index (χ0n) is 10.6. The van der Waals surface area contributed by atoms with Crippen LogP contribution in [0.2, 0.25) is 0 Å². The number of carbonyl (C=O) groups excluding carboxylic acids is 2. The van der Waals surface area contributed by atoms with Gasteiger partial charge in [0.2, 0.25) is 0 Å². The van der Waals surface area contributed by atoms with Crippen molar-refractivity contribution >= 4 is 27.8 Å². The Labute approximate surface area is 120 Å². The molecule has 5 nitrogen and oxygen atoms in total. The molecular formula is C13H15BrN2O3. The number of halogens is 1. The first-order valence-electron chi connectivity index (χ1n) is 6.15. The van der Waals surface area contributed by atoms with Crippen LogP contribution in [-0.4, -0.2) is 41.5 Å². The number of aromatic nitrogens is 1. The first-order valence-corrected chi connectivity index (χ1v) is 6.94.